The van der Waals surface area contributed by atoms with Gasteiger partial charge in [0, 0.05) is 38.9 Å². The number of rotatable bonds is 4. The van der Waals surface area contributed by atoms with Crippen LogP contribution in [0.25, 0.3) is 5.65 Å². The van der Waals surface area contributed by atoms with Gasteiger partial charge in [-0.25, -0.2) is 4.98 Å². The van der Waals surface area contributed by atoms with Gasteiger partial charge in [-0.3, -0.25) is 9.59 Å². The van der Waals surface area contributed by atoms with Crippen LogP contribution in [0.2, 0.25) is 0 Å². The third-order valence-electron chi connectivity index (χ3n) is 4.88. The average Bonchev–Trinajstić information content (AvgIpc) is 3.35. The van der Waals surface area contributed by atoms with Crippen molar-refractivity contribution in [3.63, 3.8) is 0 Å². The fourth-order valence-corrected chi connectivity index (χ4v) is 3.49. The molecule has 1 fully saturated rings. The Bertz CT molecular complexity index is 985. The molecule has 0 aliphatic carbocycles. The monoisotopic (exact) mass is 381 g/mol. The number of carbonyl (C=O) groups is 2. The predicted octanol–water partition coefficient (Wildman–Crippen LogP) is 1.59. The molecule has 0 bridgehead atoms. The molecule has 4 rings (SSSR count). The van der Waals surface area contributed by atoms with E-state index in [1.54, 1.807) is 21.9 Å². The van der Waals surface area contributed by atoms with Gasteiger partial charge in [0.05, 0.1) is 12.0 Å². The summed E-state index contributed by atoms with van der Waals surface area (Å²) in [7, 11) is 3.94. The number of piperazine rings is 1. The van der Waals surface area contributed by atoms with E-state index in [1.165, 1.54) is 6.26 Å². The molecule has 1 aliphatic rings. The SMILES string of the molecule is CN(C)Cc1c(C(=O)N2CCN(C(=O)c3ccco3)CC2)nc2ccccn12. The van der Waals surface area contributed by atoms with Gasteiger partial charge in [0.25, 0.3) is 11.8 Å². The normalized spacial score (nSPS) is 14.8. The molecule has 0 spiro atoms. The maximum Gasteiger partial charge on any atom is 0.289 e. The molecule has 0 unspecified atom stereocenters. The van der Waals surface area contributed by atoms with Crippen molar-refractivity contribution in [2.45, 2.75) is 6.54 Å². The molecule has 146 valence electrons. The standard InChI is InChI=1S/C20H23N5O3/c1-22(2)14-15-18(21-17-7-3-4-8-25(15)17)20(27)24-11-9-23(10-12-24)19(26)16-6-5-13-28-16/h3-8,13H,9-12,14H2,1-2H3. The lowest BCUT2D eigenvalue weighted by Gasteiger charge is -2.34. The molecule has 28 heavy (non-hydrogen) atoms. The molecule has 0 aromatic carbocycles. The van der Waals surface area contributed by atoms with Crippen LogP contribution in [-0.2, 0) is 6.54 Å². The Balaban J connectivity index is 1.52. The number of pyridine rings is 1. The summed E-state index contributed by atoms with van der Waals surface area (Å²) in [5, 5.41) is 0. The number of imidazole rings is 1. The number of hydrogen-bond acceptors (Lipinski definition) is 5. The molecule has 0 radical (unpaired) electrons. The summed E-state index contributed by atoms with van der Waals surface area (Å²) in [6.07, 6.45) is 3.42. The number of nitrogens with zero attached hydrogens (tertiary/aromatic N) is 5. The molecular weight excluding hydrogens is 358 g/mol. The van der Waals surface area contributed by atoms with Crippen molar-refractivity contribution >= 4 is 17.5 Å². The van der Waals surface area contributed by atoms with E-state index in [-0.39, 0.29) is 11.8 Å². The fraction of sp³-hybridized carbons (Fsp3) is 0.350. The van der Waals surface area contributed by atoms with Crippen LogP contribution >= 0.6 is 0 Å². The third kappa shape index (κ3) is 3.38. The Hall–Kier alpha value is -3.13. The van der Waals surface area contributed by atoms with Crippen molar-refractivity contribution in [1.29, 1.82) is 0 Å². The lowest BCUT2D eigenvalue weighted by molar-refractivity contribution is 0.0514. The van der Waals surface area contributed by atoms with Crippen molar-refractivity contribution < 1.29 is 14.0 Å². The van der Waals surface area contributed by atoms with E-state index < -0.39 is 0 Å². The maximum atomic E-state index is 13.2. The number of aromatic nitrogens is 2. The first-order chi connectivity index (χ1) is 13.5. The first-order valence-electron chi connectivity index (χ1n) is 9.27. The van der Waals surface area contributed by atoms with Crippen LogP contribution in [0.1, 0.15) is 26.7 Å². The van der Waals surface area contributed by atoms with E-state index in [0.717, 1.165) is 11.3 Å². The number of hydrogen-bond donors (Lipinski definition) is 0. The lowest BCUT2D eigenvalue weighted by atomic mass is 10.2. The summed E-state index contributed by atoms with van der Waals surface area (Å²) in [5.74, 6) is 0.0946. The second-order valence-corrected chi connectivity index (χ2v) is 7.14. The molecule has 0 saturated carbocycles. The Morgan fingerprint density at radius 1 is 1.04 bits per heavy atom. The van der Waals surface area contributed by atoms with Crippen LogP contribution in [0.3, 0.4) is 0 Å². The van der Waals surface area contributed by atoms with Gasteiger partial charge in [-0.2, -0.15) is 0 Å². The molecule has 4 heterocycles. The van der Waals surface area contributed by atoms with Gasteiger partial charge in [0.1, 0.15) is 5.65 Å². The minimum Gasteiger partial charge on any atom is -0.459 e. The second-order valence-electron chi connectivity index (χ2n) is 7.14. The summed E-state index contributed by atoms with van der Waals surface area (Å²) in [4.78, 5) is 35.7. The minimum atomic E-state index is -0.141. The van der Waals surface area contributed by atoms with E-state index in [0.29, 0.717) is 44.2 Å². The van der Waals surface area contributed by atoms with Crippen LogP contribution in [-0.4, -0.2) is 76.2 Å². The molecule has 3 aromatic heterocycles. The molecule has 0 N–H and O–H groups in total. The van der Waals surface area contributed by atoms with Gasteiger partial charge >= 0.3 is 0 Å². The zero-order valence-electron chi connectivity index (χ0n) is 16.0. The Morgan fingerprint density at radius 3 is 2.39 bits per heavy atom. The van der Waals surface area contributed by atoms with Crippen molar-refractivity contribution in [2.24, 2.45) is 0 Å². The largest absolute Gasteiger partial charge is 0.459 e. The summed E-state index contributed by atoms with van der Waals surface area (Å²) in [6, 6.07) is 9.10. The Kier molecular flexibility index (Phi) is 4.87. The smallest absolute Gasteiger partial charge is 0.289 e. The molecule has 0 atom stereocenters. The highest BCUT2D eigenvalue weighted by molar-refractivity contribution is 5.95. The van der Waals surface area contributed by atoms with Crippen molar-refractivity contribution in [1.82, 2.24) is 24.1 Å². The Morgan fingerprint density at radius 2 is 1.75 bits per heavy atom. The summed E-state index contributed by atoms with van der Waals surface area (Å²) >= 11 is 0. The molecule has 8 heteroatoms. The highest BCUT2D eigenvalue weighted by atomic mass is 16.3. The summed E-state index contributed by atoms with van der Waals surface area (Å²) < 4.78 is 7.15. The number of fused-ring (bicyclic) bond motifs is 1. The molecule has 3 aromatic rings. The van der Waals surface area contributed by atoms with Gasteiger partial charge in [-0.15, -0.1) is 0 Å². The topological polar surface area (TPSA) is 74.3 Å². The van der Waals surface area contributed by atoms with Gasteiger partial charge in [0.2, 0.25) is 0 Å². The third-order valence-corrected chi connectivity index (χ3v) is 4.88. The average molecular weight is 381 g/mol. The molecular formula is C20H23N5O3. The van der Waals surface area contributed by atoms with Crippen LogP contribution in [0, 0.1) is 0 Å². The second kappa shape index (κ2) is 7.47. The van der Waals surface area contributed by atoms with Crippen LogP contribution < -0.4 is 0 Å². The molecule has 8 nitrogen and oxygen atoms in total. The van der Waals surface area contributed by atoms with Crippen molar-refractivity contribution in [3.05, 3.63) is 59.9 Å². The first kappa shape index (κ1) is 18.2. The fourth-order valence-electron chi connectivity index (χ4n) is 3.49. The van der Waals surface area contributed by atoms with E-state index >= 15 is 0 Å². The summed E-state index contributed by atoms with van der Waals surface area (Å²) in [6.45, 7) is 2.51. The van der Waals surface area contributed by atoms with Crippen molar-refractivity contribution in [3.8, 4) is 0 Å². The van der Waals surface area contributed by atoms with Crippen LogP contribution in [0.5, 0.6) is 0 Å². The molecule has 1 aliphatic heterocycles. The maximum absolute atomic E-state index is 13.2. The first-order valence-corrected chi connectivity index (χ1v) is 9.27. The van der Waals surface area contributed by atoms with E-state index in [4.69, 9.17) is 4.42 Å². The highest BCUT2D eigenvalue weighted by Crippen LogP contribution is 2.18. The van der Waals surface area contributed by atoms with Gasteiger partial charge < -0.3 is 23.5 Å². The molecule has 2 amide bonds. The van der Waals surface area contributed by atoms with Gasteiger partial charge in [0.15, 0.2) is 11.5 Å². The van der Waals surface area contributed by atoms with Crippen molar-refractivity contribution in [2.75, 3.05) is 40.3 Å². The van der Waals surface area contributed by atoms with Gasteiger partial charge in [-0.05, 0) is 38.4 Å². The van der Waals surface area contributed by atoms with E-state index in [9.17, 15) is 9.59 Å². The van der Waals surface area contributed by atoms with Crippen LogP contribution in [0.4, 0.5) is 0 Å². The predicted molar refractivity (Wildman–Crippen MR) is 103 cm³/mol. The minimum absolute atomic E-state index is 0.0920. The zero-order chi connectivity index (χ0) is 19.7. The van der Waals surface area contributed by atoms with Crippen LogP contribution in [0.15, 0.2) is 47.2 Å². The quantitative estimate of drug-likeness (QED) is 0.686. The number of amides is 2. The lowest BCUT2D eigenvalue weighted by Crippen LogP contribution is -2.50. The molecule has 1 saturated heterocycles. The number of carbonyl (C=O) groups excluding carboxylic acids is 2. The Labute approximate surface area is 163 Å². The zero-order valence-corrected chi connectivity index (χ0v) is 16.0. The van der Waals surface area contributed by atoms with Gasteiger partial charge in [-0.1, -0.05) is 6.07 Å². The highest BCUT2D eigenvalue weighted by Gasteiger charge is 2.29. The summed E-state index contributed by atoms with van der Waals surface area (Å²) in [5.41, 5.74) is 2.11. The van der Waals surface area contributed by atoms with E-state index in [1.807, 2.05) is 47.8 Å². The van der Waals surface area contributed by atoms with E-state index in [2.05, 4.69) is 4.98 Å². The number of furan rings is 1.